The van der Waals surface area contributed by atoms with Crippen LogP contribution in [0.5, 0.6) is 0 Å². The second kappa shape index (κ2) is 4.43. The SMILES string of the molecule is CCNC(c1cscc1Br)C1CC2CC2C1. The van der Waals surface area contributed by atoms with Crippen molar-refractivity contribution in [3.05, 3.63) is 20.8 Å². The highest BCUT2D eigenvalue weighted by Gasteiger charge is 2.48. The summed E-state index contributed by atoms with van der Waals surface area (Å²) in [6.07, 6.45) is 4.41. The topological polar surface area (TPSA) is 12.0 Å². The van der Waals surface area contributed by atoms with Crippen LogP contribution in [0, 0.1) is 17.8 Å². The summed E-state index contributed by atoms with van der Waals surface area (Å²) in [7, 11) is 0. The molecule has 3 unspecified atom stereocenters. The molecule has 2 fully saturated rings. The molecule has 0 bridgehead atoms. The molecule has 2 aliphatic rings. The van der Waals surface area contributed by atoms with Gasteiger partial charge in [0.15, 0.2) is 0 Å². The van der Waals surface area contributed by atoms with Crippen molar-refractivity contribution in [3.8, 4) is 0 Å². The number of halogens is 1. The predicted molar refractivity (Wildman–Crippen MR) is 72.8 cm³/mol. The second-order valence-electron chi connectivity index (χ2n) is 5.20. The van der Waals surface area contributed by atoms with Gasteiger partial charge in [-0.3, -0.25) is 0 Å². The fourth-order valence-electron chi connectivity index (χ4n) is 3.30. The van der Waals surface area contributed by atoms with E-state index in [1.807, 2.05) is 0 Å². The minimum atomic E-state index is 0.582. The van der Waals surface area contributed by atoms with E-state index in [-0.39, 0.29) is 0 Å². The molecule has 88 valence electrons. The van der Waals surface area contributed by atoms with Crippen LogP contribution in [0.25, 0.3) is 0 Å². The van der Waals surface area contributed by atoms with Crippen molar-refractivity contribution in [1.82, 2.24) is 5.32 Å². The maximum absolute atomic E-state index is 3.69. The molecule has 1 N–H and O–H groups in total. The number of hydrogen-bond donors (Lipinski definition) is 1. The Morgan fingerprint density at radius 1 is 1.38 bits per heavy atom. The molecule has 0 saturated heterocycles. The highest BCUT2D eigenvalue weighted by Crippen LogP contribution is 2.57. The van der Waals surface area contributed by atoms with Gasteiger partial charge >= 0.3 is 0 Å². The maximum atomic E-state index is 3.69. The zero-order valence-electron chi connectivity index (χ0n) is 9.58. The molecule has 1 aromatic rings. The molecule has 1 heterocycles. The summed E-state index contributed by atoms with van der Waals surface area (Å²) < 4.78 is 1.30. The summed E-state index contributed by atoms with van der Waals surface area (Å²) in [5, 5.41) is 8.20. The lowest BCUT2D eigenvalue weighted by Gasteiger charge is -2.25. The molecule has 16 heavy (non-hydrogen) atoms. The Hall–Kier alpha value is 0.140. The zero-order valence-corrected chi connectivity index (χ0v) is 12.0. The van der Waals surface area contributed by atoms with Crippen LogP contribution in [0.2, 0.25) is 0 Å². The normalized spacial score (nSPS) is 33.8. The average molecular weight is 300 g/mol. The largest absolute Gasteiger partial charge is 0.310 e. The van der Waals surface area contributed by atoms with E-state index < -0.39 is 0 Å². The van der Waals surface area contributed by atoms with Crippen molar-refractivity contribution >= 4 is 27.3 Å². The zero-order chi connectivity index (χ0) is 11.1. The Morgan fingerprint density at radius 2 is 2.12 bits per heavy atom. The molecule has 1 aromatic heterocycles. The first-order valence-corrected chi connectivity index (χ1v) is 7.98. The Bertz CT molecular complexity index is 366. The van der Waals surface area contributed by atoms with Crippen LogP contribution in [0.15, 0.2) is 15.2 Å². The molecule has 0 aliphatic heterocycles. The van der Waals surface area contributed by atoms with E-state index >= 15 is 0 Å². The summed E-state index contributed by atoms with van der Waals surface area (Å²) >= 11 is 5.49. The summed E-state index contributed by atoms with van der Waals surface area (Å²) in [4.78, 5) is 0. The first-order chi connectivity index (χ1) is 7.79. The van der Waals surface area contributed by atoms with E-state index in [1.54, 1.807) is 11.3 Å². The quantitative estimate of drug-likeness (QED) is 0.878. The molecular formula is C13H18BrNS. The van der Waals surface area contributed by atoms with Crippen molar-refractivity contribution in [1.29, 1.82) is 0 Å². The van der Waals surface area contributed by atoms with Crippen LogP contribution < -0.4 is 5.32 Å². The smallest absolute Gasteiger partial charge is 0.0368 e. The number of hydrogen-bond acceptors (Lipinski definition) is 2. The maximum Gasteiger partial charge on any atom is 0.0368 e. The Balaban J connectivity index is 1.78. The van der Waals surface area contributed by atoms with Gasteiger partial charge in [-0.25, -0.2) is 0 Å². The average Bonchev–Trinajstić information content (AvgIpc) is 2.71. The first-order valence-electron chi connectivity index (χ1n) is 6.24. The highest BCUT2D eigenvalue weighted by molar-refractivity contribution is 9.10. The van der Waals surface area contributed by atoms with Crippen molar-refractivity contribution in [3.63, 3.8) is 0 Å². The van der Waals surface area contributed by atoms with Gasteiger partial charge in [0, 0.05) is 15.9 Å². The molecular weight excluding hydrogens is 282 g/mol. The third-order valence-electron chi connectivity index (χ3n) is 4.15. The number of fused-ring (bicyclic) bond motifs is 1. The Kier molecular flexibility index (Phi) is 3.11. The summed E-state index contributed by atoms with van der Waals surface area (Å²) in [6, 6.07) is 0.582. The van der Waals surface area contributed by atoms with E-state index in [4.69, 9.17) is 0 Å². The Labute approximate surface area is 110 Å². The molecule has 0 radical (unpaired) electrons. The van der Waals surface area contributed by atoms with Gasteiger partial charge in [-0.05, 0) is 70.4 Å². The molecule has 0 amide bonds. The monoisotopic (exact) mass is 299 g/mol. The van der Waals surface area contributed by atoms with Gasteiger partial charge in [-0.15, -0.1) is 0 Å². The van der Waals surface area contributed by atoms with Gasteiger partial charge in [0.05, 0.1) is 0 Å². The first kappa shape index (κ1) is 11.2. The standard InChI is InChI=1S/C13H18BrNS/c1-2-15-13(11-6-16-7-12(11)14)10-4-8-3-9(8)5-10/h6-10,13,15H,2-5H2,1H3. The second-order valence-corrected chi connectivity index (χ2v) is 6.80. The van der Waals surface area contributed by atoms with E-state index in [9.17, 15) is 0 Å². The molecule has 1 nitrogen and oxygen atoms in total. The van der Waals surface area contributed by atoms with E-state index in [2.05, 4.69) is 38.9 Å². The van der Waals surface area contributed by atoms with Crippen LogP contribution in [0.3, 0.4) is 0 Å². The minimum absolute atomic E-state index is 0.582. The molecule has 2 aliphatic carbocycles. The molecule has 0 spiro atoms. The van der Waals surface area contributed by atoms with Crippen LogP contribution >= 0.6 is 27.3 Å². The lowest BCUT2D eigenvalue weighted by Crippen LogP contribution is -2.27. The molecule has 3 heteroatoms. The molecule has 3 rings (SSSR count). The van der Waals surface area contributed by atoms with Crippen LogP contribution in [-0.4, -0.2) is 6.54 Å². The Morgan fingerprint density at radius 3 is 2.69 bits per heavy atom. The minimum Gasteiger partial charge on any atom is -0.310 e. The summed E-state index contributed by atoms with van der Waals surface area (Å²) in [5.41, 5.74) is 1.48. The van der Waals surface area contributed by atoms with E-state index in [1.165, 1.54) is 29.3 Å². The molecule has 0 aromatic carbocycles. The van der Waals surface area contributed by atoms with Gasteiger partial charge in [-0.2, -0.15) is 11.3 Å². The molecule has 3 atom stereocenters. The van der Waals surface area contributed by atoms with Gasteiger partial charge in [0.1, 0.15) is 0 Å². The van der Waals surface area contributed by atoms with E-state index in [0.29, 0.717) is 6.04 Å². The predicted octanol–water partition coefficient (Wildman–Crippen LogP) is 4.21. The third-order valence-corrected chi connectivity index (χ3v) is 5.90. The van der Waals surface area contributed by atoms with Crippen LogP contribution in [0.1, 0.15) is 37.8 Å². The van der Waals surface area contributed by atoms with Crippen LogP contribution in [-0.2, 0) is 0 Å². The lowest BCUT2D eigenvalue weighted by molar-refractivity contribution is 0.346. The van der Waals surface area contributed by atoms with Gasteiger partial charge in [0.25, 0.3) is 0 Å². The summed E-state index contributed by atoms with van der Waals surface area (Å²) in [6.45, 7) is 3.28. The number of thiophene rings is 1. The fraction of sp³-hybridized carbons (Fsp3) is 0.692. The number of nitrogens with one attached hydrogen (secondary N) is 1. The third kappa shape index (κ3) is 1.98. The van der Waals surface area contributed by atoms with E-state index in [0.717, 1.165) is 24.3 Å². The van der Waals surface area contributed by atoms with Crippen LogP contribution in [0.4, 0.5) is 0 Å². The van der Waals surface area contributed by atoms with Crippen molar-refractivity contribution in [2.24, 2.45) is 17.8 Å². The highest BCUT2D eigenvalue weighted by atomic mass is 79.9. The fourth-order valence-corrected chi connectivity index (χ4v) is 4.88. The molecule has 2 saturated carbocycles. The lowest BCUT2D eigenvalue weighted by atomic mass is 9.90. The summed E-state index contributed by atoms with van der Waals surface area (Å²) in [5.74, 6) is 3.02. The van der Waals surface area contributed by atoms with Gasteiger partial charge in [-0.1, -0.05) is 6.92 Å². The van der Waals surface area contributed by atoms with Crippen molar-refractivity contribution < 1.29 is 0 Å². The van der Waals surface area contributed by atoms with Gasteiger partial charge in [0.2, 0.25) is 0 Å². The van der Waals surface area contributed by atoms with Gasteiger partial charge < -0.3 is 5.32 Å². The van der Waals surface area contributed by atoms with Crippen molar-refractivity contribution in [2.45, 2.75) is 32.2 Å². The van der Waals surface area contributed by atoms with Crippen molar-refractivity contribution in [2.75, 3.05) is 6.54 Å². The number of rotatable bonds is 4.